The van der Waals surface area contributed by atoms with Crippen molar-refractivity contribution in [2.45, 2.75) is 26.8 Å². The Bertz CT molecular complexity index is 895. The Labute approximate surface area is 196 Å². The predicted octanol–water partition coefficient (Wildman–Crippen LogP) is 3.06. The van der Waals surface area contributed by atoms with Crippen molar-refractivity contribution in [1.29, 1.82) is 0 Å². The summed E-state index contributed by atoms with van der Waals surface area (Å²) in [6.45, 7) is 10.5. The van der Waals surface area contributed by atoms with Crippen LogP contribution in [-0.2, 0) is 4.79 Å². The fraction of sp³-hybridized carbons (Fsp3) is 0.462. The zero-order valence-electron chi connectivity index (χ0n) is 19.8. The van der Waals surface area contributed by atoms with Crippen LogP contribution in [0.25, 0.3) is 0 Å². The van der Waals surface area contributed by atoms with Crippen LogP contribution < -0.4 is 14.8 Å². The molecule has 0 spiro atoms. The van der Waals surface area contributed by atoms with E-state index in [9.17, 15) is 9.59 Å². The largest absolute Gasteiger partial charge is 0.493 e. The van der Waals surface area contributed by atoms with Crippen molar-refractivity contribution >= 4 is 11.8 Å². The Hall–Kier alpha value is -3.06. The Kier molecular flexibility index (Phi) is 9.13. The zero-order valence-corrected chi connectivity index (χ0v) is 19.8. The lowest BCUT2D eigenvalue weighted by Gasteiger charge is -2.37. The van der Waals surface area contributed by atoms with Crippen LogP contribution in [0.1, 0.15) is 31.1 Å². The number of para-hydroxylation sites is 2. The zero-order chi connectivity index (χ0) is 23.6. The van der Waals surface area contributed by atoms with Gasteiger partial charge in [-0.3, -0.25) is 14.5 Å². The van der Waals surface area contributed by atoms with Crippen LogP contribution in [-0.4, -0.2) is 73.6 Å². The molecule has 33 heavy (non-hydrogen) atoms. The highest BCUT2D eigenvalue weighted by Gasteiger charge is 2.31. The molecule has 0 radical (unpaired) electrons. The Morgan fingerprint density at radius 1 is 0.939 bits per heavy atom. The van der Waals surface area contributed by atoms with Crippen molar-refractivity contribution in [2.24, 2.45) is 5.92 Å². The maximum atomic E-state index is 13.3. The summed E-state index contributed by atoms with van der Waals surface area (Å²) in [5.74, 6) is 1.04. The van der Waals surface area contributed by atoms with Gasteiger partial charge in [0, 0.05) is 32.7 Å². The van der Waals surface area contributed by atoms with E-state index in [4.69, 9.17) is 9.47 Å². The summed E-state index contributed by atoms with van der Waals surface area (Å²) in [4.78, 5) is 30.4. The number of nitrogens with one attached hydrogen (secondary N) is 1. The number of ether oxygens (including phenoxy) is 2. The third-order valence-corrected chi connectivity index (χ3v) is 5.75. The molecule has 1 heterocycles. The summed E-state index contributed by atoms with van der Waals surface area (Å²) in [7, 11) is 0. The lowest BCUT2D eigenvalue weighted by molar-refractivity contribution is -0.136. The van der Waals surface area contributed by atoms with Gasteiger partial charge in [-0.05, 0) is 37.1 Å². The monoisotopic (exact) mass is 453 g/mol. The Morgan fingerprint density at radius 3 is 2.27 bits per heavy atom. The van der Waals surface area contributed by atoms with Crippen molar-refractivity contribution in [3.63, 3.8) is 0 Å². The molecule has 178 valence electrons. The second kappa shape index (κ2) is 12.3. The molecule has 2 amide bonds. The number of hydrogen-bond acceptors (Lipinski definition) is 5. The normalized spacial score (nSPS) is 15.2. The van der Waals surface area contributed by atoms with Gasteiger partial charge in [0.25, 0.3) is 5.91 Å². The number of carbonyl (C=O) groups is 2. The first-order valence-electron chi connectivity index (χ1n) is 11.7. The molecule has 7 heteroatoms. The van der Waals surface area contributed by atoms with Crippen LogP contribution in [0.2, 0.25) is 0 Å². The molecule has 2 aromatic rings. The van der Waals surface area contributed by atoms with Gasteiger partial charge < -0.3 is 19.7 Å². The smallest absolute Gasteiger partial charge is 0.255 e. The van der Waals surface area contributed by atoms with Crippen LogP contribution in [0.15, 0.2) is 54.6 Å². The third-order valence-electron chi connectivity index (χ3n) is 5.75. The number of rotatable bonds is 10. The molecule has 3 rings (SSSR count). The van der Waals surface area contributed by atoms with Crippen LogP contribution in [0.3, 0.4) is 0 Å². The second-order valence-electron chi connectivity index (χ2n) is 8.45. The number of nitrogens with zero attached hydrogens (tertiary/aromatic N) is 2. The minimum absolute atomic E-state index is 0.0296. The average Bonchev–Trinajstić information content (AvgIpc) is 2.83. The maximum absolute atomic E-state index is 13.3. The second-order valence-corrected chi connectivity index (χ2v) is 8.45. The van der Waals surface area contributed by atoms with Crippen molar-refractivity contribution in [3.8, 4) is 11.5 Å². The SMILES string of the molecule is CCOc1ccccc1C(=O)NC(C(=O)N1CCN(CCOc2ccccc2)CC1)C(C)C. The molecule has 1 N–H and O–H groups in total. The molecule has 1 aliphatic rings. The minimum Gasteiger partial charge on any atom is -0.493 e. The summed E-state index contributed by atoms with van der Waals surface area (Å²) < 4.78 is 11.4. The van der Waals surface area contributed by atoms with Crippen LogP contribution in [0, 0.1) is 5.92 Å². The topological polar surface area (TPSA) is 71.1 Å². The van der Waals surface area contributed by atoms with Gasteiger partial charge >= 0.3 is 0 Å². The molecule has 0 bridgehead atoms. The van der Waals surface area contributed by atoms with E-state index < -0.39 is 6.04 Å². The number of amides is 2. The van der Waals surface area contributed by atoms with Crippen molar-refractivity contribution < 1.29 is 19.1 Å². The number of carbonyl (C=O) groups excluding carboxylic acids is 2. The first kappa shape index (κ1) is 24.6. The minimum atomic E-state index is -0.583. The molecule has 1 unspecified atom stereocenters. The molecule has 1 atom stereocenters. The van der Waals surface area contributed by atoms with Gasteiger partial charge in [-0.15, -0.1) is 0 Å². The molecule has 1 aliphatic heterocycles. The molecule has 0 aliphatic carbocycles. The van der Waals surface area contributed by atoms with Crippen LogP contribution in [0.5, 0.6) is 11.5 Å². The van der Waals surface area contributed by atoms with Gasteiger partial charge in [0.2, 0.25) is 5.91 Å². The van der Waals surface area contributed by atoms with E-state index in [0.29, 0.717) is 37.6 Å². The van der Waals surface area contributed by atoms with E-state index in [-0.39, 0.29) is 17.7 Å². The van der Waals surface area contributed by atoms with E-state index in [1.54, 1.807) is 18.2 Å². The van der Waals surface area contributed by atoms with E-state index >= 15 is 0 Å². The van der Waals surface area contributed by atoms with E-state index in [1.807, 2.05) is 62.1 Å². The summed E-state index contributed by atoms with van der Waals surface area (Å²) in [6, 6.07) is 16.3. The fourth-order valence-corrected chi connectivity index (χ4v) is 3.87. The molecule has 2 aromatic carbocycles. The van der Waals surface area contributed by atoms with Gasteiger partial charge in [-0.25, -0.2) is 0 Å². The van der Waals surface area contributed by atoms with Crippen molar-refractivity contribution in [1.82, 2.24) is 15.1 Å². The van der Waals surface area contributed by atoms with Crippen molar-refractivity contribution in [3.05, 3.63) is 60.2 Å². The lowest BCUT2D eigenvalue weighted by atomic mass is 10.0. The number of hydrogen-bond donors (Lipinski definition) is 1. The summed E-state index contributed by atoms with van der Waals surface area (Å²) >= 11 is 0. The molecule has 0 saturated carbocycles. The van der Waals surface area contributed by atoms with Crippen molar-refractivity contribution in [2.75, 3.05) is 45.9 Å². The molecule has 0 aromatic heterocycles. The molecule has 7 nitrogen and oxygen atoms in total. The van der Waals surface area contributed by atoms with Gasteiger partial charge in [0.15, 0.2) is 0 Å². The molecular formula is C26H35N3O4. The standard InChI is InChI=1S/C26H35N3O4/c1-4-32-23-13-9-8-12-22(23)25(30)27-24(20(2)3)26(31)29-16-14-28(15-17-29)18-19-33-21-10-6-5-7-11-21/h5-13,20,24H,4,14-19H2,1-3H3,(H,27,30). The number of piperazine rings is 1. The Balaban J connectivity index is 1.51. The van der Waals surface area contributed by atoms with Gasteiger partial charge in [-0.1, -0.05) is 44.2 Å². The first-order chi connectivity index (χ1) is 16.0. The third kappa shape index (κ3) is 6.96. The first-order valence-corrected chi connectivity index (χ1v) is 11.7. The highest BCUT2D eigenvalue weighted by Crippen LogP contribution is 2.19. The Morgan fingerprint density at radius 2 is 1.61 bits per heavy atom. The highest BCUT2D eigenvalue weighted by molar-refractivity contribution is 5.99. The maximum Gasteiger partial charge on any atom is 0.255 e. The predicted molar refractivity (Wildman–Crippen MR) is 129 cm³/mol. The van der Waals surface area contributed by atoms with E-state index in [2.05, 4.69) is 10.2 Å². The fourth-order valence-electron chi connectivity index (χ4n) is 3.87. The molecule has 1 saturated heterocycles. The quantitative estimate of drug-likeness (QED) is 0.599. The van der Waals surface area contributed by atoms with Gasteiger partial charge in [0.1, 0.15) is 24.1 Å². The van der Waals surface area contributed by atoms with Crippen LogP contribution in [0.4, 0.5) is 0 Å². The molecule has 1 fully saturated rings. The average molecular weight is 454 g/mol. The van der Waals surface area contributed by atoms with E-state index in [0.717, 1.165) is 25.4 Å². The van der Waals surface area contributed by atoms with Crippen LogP contribution >= 0.6 is 0 Å². The van der Waals surface area contributed by atoms with Gasteiger partial charge in [-0.2, -0.15) is 0 Å². The highest BCUT2D eigenvalue weighted by atomic mass is 16.5. The van der Waals surface area contributed by atoms with Gasteiger partial charge in [0.05, 0.1) is 12.2 Å². The molecular weight excluding hydrogens is 418 g/mol. The van der Waals surface area contributed by atoms with E-state index in [1.165, 1.54) is 0 Å². The summed E-state index contributed by atoms with van der Waals surface area (Å²) in [5.41, 5.74) is 0.445. The summed E-state index contributed by atoms with van der Waals surface area (Å²) in [5, 5.41) is 2.95. The number of benzene rings is 2. The summed E-state index contributed by atoms with van der Waals surface area (Å²) in [6.07, 6.45) is 0. The lowest BCUT2D eigenvalue weighted by Crippen LogP contribution is -2.56.